The topological polar surface area (TPSA) is 65.8 Å². The number of nitrogens with zero attached hydrogens (tertiary/aromatic N) is 2. The van der Waals surface area contributed by atoms with Gasteiger partial charge in [-0.25, -0.2) is 4.98 Å². The standard InChI is InChI=1S/C25H31N3OS/c1-16-7-6-8-21(17(16)2)27-23(29)11-12-30-24-19(15-26)13-18-14-20(25(3,4)5)9-10-22(18)28-24/h6-8,13,20H,9-12,14H2,1-5H3,(H,27,29). The molecule has 1 heterocycles. The fraction of sp³-hybridized carbons (Fsp3) is 0.480. The summed E-state index contributed by atoms with van der Waals surface area (Å²) in [5.74, 6) is 1.20. The molecule has 1 N–H and O–H groups in total. The zero-order chi connectivity index (χ0) is 21.9. The number of carbonyl (C=O) groups is 1. The van der Waals surface area contributed by atoms with Crippen LogP contribution in [0.15, 0.2) is 29.3 Å². The van der Waals surface area contributed by atoms with E-state index in [4.69, 9.17) is 4.98 Å². The number of pyridine rings is 1. The second kappa shape index (κ2) is 9.22. The van der Waals surface area contributed by atoms with E-state index in [1.165, 1.54) is 17.3 Å². The molecule has 1 atom stereocenters. The van der Waals surface area contributed by atoms with E-state index in [2.05, 4.69) is 32.2 Å². The molecular formula is C25H31N3OS. The molecule has 0 saturated carbocycles. The van der Waals surface area contributed by atoms with Gasteiger partial charge in [0.1, 0.15) is 11.1 Å². The summed E-state index contributed by atoms with van der Waals surface area (Å²) in [6.45, 7) is 10.9. The first-order valence-electron chi connectivity index (χ1n) is 10.6. The van der Waals surface area contributed by atoms with Gasteiger partial charge in [-0.1, -0.05) is 32.9 Å². The van der Waals surface area contributed by atoms with Crippen LogP contribution in [0.4, 0.5) is 5.69 Å². The van der Waals surface area contributed by atoms with Gasteiger partial charge in [0.05, 0.1) is 5.56 Å². The van der Waals surface area contributed by atoms with Gasteiger partial charge in [-0.2, -0.15) is 5.26 Å². The number of carbonyl (C=O) groups excluding carboxylic acids is 1. The first kappa shape index (κ1) is 22.4. The number of benzene rings is 1. The Morgan fingerprint density at radius 1 is 1.33 bits per heavy atom. The van der Waals surface area contributed by atoms with Crippen molar-refractivity contribution in [2.24, 2.45) is 11.3 Å². The average molecular weight is 422 g/mol. The number of nitrogens with one attached hydrogen (secondary N) is 1. The molecule has 0 fully saturated rings. The number of hydrogen-bond acceptors (Lipinski definition) is 4. The highest BCUT2D eigenvalue weighted by Crippen LogP contribution is 2.38. The predicted molar refractivity (Wildman–Crippen MR) is 124 cm³/mol. The van der Waals surface area contributed by atoms with Crippen LogP contribution in [0.3, 0.4) is 0 Å². The second-order valence-electron chi connectivity index (χ2n) is 9.26. The Balaban J connectivity index is 1.63. The van der Waals surface area contributed by atoms with Crippen LogP contribution in [0, 0.1) is 36.5 Å². The van der Waals surface area contributed by atoms with Gasteiger partial charge in [-0.15, -0.1) is 11.8 Å². The number of aryl methyl sites for hydroxylation is 2. The highest BCUT2D eigenvalue weighted by molar-refractivity contribution is 7.99. The molecule has 30 heavy (non-hydrogen) atoms. The maximum absolute atomic E-state index is 12.4. The summed E-state index contributed by atoms with van der Waals surface area (Å²) >= 11 is 1.50. The molecule has 3 rings (SSSR count). The third-order valence-electron chi connectivity index (χ3n) is 6.14. The molecule has 1 unspecified atom stereocenters. The fourth-order valence-electron chi connectivity index (χ4n) is 3.91. The molecule has 0 radical (unpaired) electrons. The number of hydrogen-bond donors (Lipinski definition) is 1. The number of fused-ring (bicyclic) bond motifs is 1. The van der Waals surface area contributed by atoms with Crippen molar-refractivity contribution in [3.05, 3.63) is 52.2 Å². The van der Waals surface area contributed by atoms with Gasteiger partial charge in [-0.05, 0) is 73.3 Å². The maximum atomic E-state index is 12.4. The van der Waals surface area contributed by atoms with E-state index < -0.39 is 0 Å². The van der Waals surface area contributed by atoms with Crippen LogP contribution in [-0.2, 0) is 17.6 Å². The SMILES string of the molecule is Cc1cccc(NC(=O)CCSc2nc3c(cc2C#N)CC(C(C)(C)C)CC3)c1C. The van der Waals surface area contributed by atoms with Crippen molar-refractivity contribution in [2.45, 2.75) is 65.3 Å². The number of amides is 1. The maximum Gasteiger partial charge on any atom is 0.225 e. The predicted octanol–water partition coefficient (Wildman–Crippen LogP) is 5.84. The minimum Gasteiger partial charge on any atom is -0.326 e. The third kappa shape index (κ3) is 5.23. The van der Waals surface area contributed by atoms with Gasteiger partial charge in [0.15, 0.2) is 0 Å². The van der Waals surface area contributed by atoms with Crippen LogP contribution in [0.1, 0.15) is 61.6 Å². The molecule has 1 aromatic carbocycles. The molecule has 0 bridgehead atoms. The van der Waals surface area contributed by atoms with Crippen LogP contribution in [0.25, 0.3) is 0 Å². The Kier molecular flexibility index (Phi) is 6.88. The molecule has 4 nitrogen and oxygen atoms in total. The Hall–Kier alpha value is -2.32. The molecule has 1 aromatic heterocycles. The molecule has 158 valence electrons. The number of anilines is 1. The van der Waals surface area contributed by atoms with Crippen molar-refractivity contribution in [1.82, 2.24) is 4.98 Å². The van der Waals surface area contributed by atoms with E-state index in [1.807, 2.05) is 38.1 Å². The summed E-state index contributed by atoms with van der Waals surface area (Å²) in [7, 11) is 0. The van der Waals surface area contributed by atoms with Gasteiger partial charge in [0, 0.05) is 23.6 Å². The second-order valence-corrected chi connectivity index (χ2v) is 10.3. The van der Waals surface area contributed by atoms with Gasteiger partial charge in [0.2, 0.25) is 5.91 Å². The normalized spacial score (nSPS) is 15.9. The lowest BCUT2D eigenvalue weighted by Crippen LogP contribution is -2.27. The average Bonchev–Trinajstić information content (AvgIpc) is 2.69. The van der Waals surface area contributed by atoms with Crippen LogP contribution >= 0.6 is 11.8 Å². The summed E-state index contributed by atoms with van der Waals surface area (Å²) in [6.07, 6.45) is 3.47. The van der Waals surface area contributed by atoms with Crippen LogP contribution in [-0.4, -0.2) is 16.6 Å². The zero-order valence-corrected chi connectivity index (χ0v) is 19.4. The van der Waals surface area contributed by atoms with Crippen molar-refractivity contribution < 1.29 is 4.79 Å². The molecule has 0 saturated heterocycles. The molecular weight excluding hydrogens is 390 g/mol. The van der Waals surface area contributed by atoms with Crippen LogP contribution in [0.5, 0.6) is 0 Å². The van der Waals surface area contributed by atoms with Crippen molar-refractivity contribution in [1.29, 1.82) is 5.26 Å². The zero-order valence-electron chi connectivity index (χ0n) is 18.6. The number of rotatable bonds is 5. The monoisotopic (exact) mass is 421 g/mol. The Morgan fingerprint density at radius 2 is 2.10 bits per heavy atom. The molecule has 5 heteroatoms. The fourth-order valence-corrected chi connectivity index (χ4v) is 4.83. The quantitative estimate of drug-likeness (QED) is 0.616. The molecule has 2 aromatic rings. The van der Waals surface area contributed by atoms with Crippen molar-refractivity contribution >= 4 is 23.4 Å². The van der Waals surface area contributed by atoms with Crippen molar-refractivity contribution in [3.63, 3.8) is 0 Å². The van der Waals surface area contributed by atoms with E-state index in [0.717, 1.165) is 46.8 Å². The Labute approximate surface area is 184 Å². The third-order valence-corrected chi connectivity index (χ3v) is 7.14. The van der Waals surface area contributed by atoms with Crippen molar-refractivity contribution in [3.8, 4) is 6.07 Å². The van der Waals surface area contributed by atoms with Gasteiger partial charge < -0.3 is 5.32 Å². The summed E-state index contributed by atoms with van der Waals surface area (Å²) in [4.78, 5) is 17.2. The molecule has 1 aliphatic rings. The van der Waals surface area contributed by atoms with E-state index in [9.17, 15) is 10.1 Å². The largest absolute Gasteiger partial charge is 0.326 e. The van der Waals surface area contributed by atoms with E-state index >= 15 is 0 Å². The van der Waals surface area contributed by atoms with Gasteiger partial charge in [0.25, 0.3) is 0 Å². The lowest BCUT2D eigenvalue weighted by molar-refractivity contribution is -0.115. The Bertz CT molecular complexity index is 985. The lowest BCUT2D eigenvalue weighted by Gasteiger charge is -2.34. The number of nitriles is 1. The van der Waals surface area contributed by atoms with E-state index in [0.29, 0.717) is 23.7 Å². The summed E-state index contributed by atoms with van der Waals surface area (Å²) in [6, 6.07) is 10.3. The lowest BCUT2D eigenvalue weighted by atomic mass is 9.71. The number of thioether (sulfide) groups is 1. The Morgan fingerprint density at radius 3 is 2.80 bits per heavy atom. The smallest absolute Gasteiger partial charge is 0.225 e. The molecule has 0 spiro atoms. The first-order valence-corrected chi connectivity index (χ1v) is 11.6. The molecule has 0 aliphatic heterocycles. The highest BCUT2D eigenvalue weighted by atomic mass is 32.2. The summed E-state index contributed by atoms with van der Waals surface area (Å²) in [5, 5.41) is 13.4. The van der Waals surface area contributed by atoms with Crippen LogP contribution < -0.4 is 5.32 Å². The van der Waals surface area contributed by atoms with E-state index in [1.54, 1.807) is 0 Å². The van der Waals surface area contributed by atoms with Gasteiger partial charge in [-0.3, -0.25) is 4.79 Å². The van der Waals surface area contributed by atoms with Crippen LogP contribution in [0.2, 0.25) is 0 Å². The minimum absolute atomic E-state index is 0.0133. The van der Waals surface area contributed by atoms with Crippen molar-refractivity contribution in [2.75, 3.05) is 11.1 Å². The summed E-state index contributed by atoms with van der Waals surface area (Å²) in [5.41, 5.74) is 6.35. The van der Waals surface area contributed by atoms with Gasteiger partial charge >= 0.3 is 0 Å². The minimum atomic E-state index is -0.0133. The molecule has 1 aliphatic carbocycles. The number of aromatic nitrogens is 1. The first-order chi connectivity index (χ1) is 14.2. The van der Waals surface area contributed by atoms with E-state index in [-0.39, 0.29) is 11.3 Å². The highest BCUT2D eigenvalue weighted by Gasteiger charge is 2.30. The molecule has 1 amide bonds. The summed E-state index contributed by atoms with van der Waals surface area (Å²) < 4.78 is 0.